The molecule has 3 N–H and O–H groups in total. The van der Waals surface area contributed by atoms with Crippen LogP contribution in [-0.2, 0) is 4.79 Å². The van der Waals surface area contributed by atoms with Crippen LogP contribution in [0.5, 0.6) is 0 Å². The molecule has 80 valence electrons. The highest BCUT2D eigenvalue weighted by atomic mass is 16.4. The highest BCUT2D eigenvalue weighted by Crippen LogP contribution is 1.84. The molecule has 0 amide bonds. The Hall–Kier alpha value is -0.650. The summed E-state index contributed by atoms with van der Waals surface area (Å²) in [5.74, 6) is -1.19. The van der Waals surface area contributed by atoms with Crippen molar-refractivity contribution in [3.8, 4) is 0 Å². The molecule has 0 radical (unpaired) electrons. The number of carboxylic acids is 1. The van der Waals surface area contributed by atoms with Crippen molar-refractivity contribution in [1.29, 1.82) is 0 Å². The molecule has 1 atom stereocenters. The number of likely N-dealkylation sites (N-methyl/N-ethyl adjacent to an activating group) is 1. The third kappa shape index (κ3) is 18.4. The van der Waals surface area contributed by atoms with E-state index in [4.69, 9.17) is 15.3 Å². The first-order chi connectivity index (χ1) is 5.70. The summed E-state index contributed by atoms with van der Waals surface area (Å²) in [6.45, 7) is 2.31. The van der Waals surface area contributed by atoms with Gasteiger partial charge in [-0.1, -0.05) is 0 Å². The zero-order valence-corrected chi connectivity index (χ0v) is 8.69. The van der Waals surface area contributed by atoms with Gasteiger partial charge >= 0.3 is 5.97 Å². The largest absolute Gasteiger partial charge is 0.479 e. The molecule has 0 bridgehead atoms. The molecule has 0 fully saturated rings. The molecule has 0 aliphatic carbocycles. The van der Waals surface area contributed by atoms with Gasteiger partial charge in [0.05, 0.1) is 27.7 Å². The van der Waals surface area contributed by atoms with Crippen LogP contribution in [0, 0.1) is 0 Å². The fourth-order valence-corrected chi connectivity index (χ4v) is 0.300. The van der Waals surface area contributed by atoms with Gasteiger partial charge in [0.25, 0.3) is 0 Å². The Morgan fingerprint density at radius 2 is 1.69 bits per heavy atom. The third-order valence-corrected chi connectivity index (χ3v) is 1.13. The lowest BCUT2D eigenvalue weighted by Crippen LogP contribution is -2.36. The van der Waals surface area contributed by atoms with E-state index in [1.165, 1.54) is 6.92 Å². The van der Waals surface area contributed by atoms with Gasteiger partial charge in [-0.2, -0.15) is 0 Å². The van der Waals surface area contributed by atoms with Crippen LogP contribution >= 0.6 is 0 Å². The molecule has 0 saturated heterocycles. The first-order valence-electron chi connectivity index (χ1n) is 4.03. The molecule has 0 aliphatic rings. The van der Waals surface area contributed by atoms with Crippen molar-refractivity contribution >= 4 is 5.97 Å². The van der Waals surface area contributed by atoms with Gasteiger partial charge < -0.3 is 19.8 Å². The summed E-state index contributed by atoms with van der Waals surface area (Å²) in [4.78, 5) is 9.45. The second kappa shape index (κ2) is 6.82. The summed E-state index contributed by atoms with van der Waals surface area (Å²) in [6, 6.07) is 0. The molecule has 0 aromatic heterocycles. The number of quaternary nitrogens is 1. The van der Waals surface area contributed by atoms with E-state index in [-0.39, 0.29) is 6.61 Å². The highest BCUT2D eigenvalue weighted by Gasteiger charge is 2.02. The number of hydrogen-bond donors (Lipinski definition) is 3. The van der Waals surface area contributed by atoms with Crippen molar-refractivity contribution in [2.75, 3.05) is 34.3 Å². The lowest BCUT2D eigenvalue weighted by molar-refractivity contribution is -0.870. The maximum absolute atomic E-state index is 9.45. The molecular weight excluding hydrogens is 174 g/mol. The van der Waals surface area contributed by atoms with Gasteiger partial charge in [0, 0.05) is 0 Å². The maximum Gasteiger partial charge on any atom is 0.332 e. The van der Waals surface area contributed by atoms with Crippen LogP contribution in [0.25, 0.3) is 0 Å². The Morgan fingerprint density at radius 1 is 1.38 bits per heavy atom. The van der Waals surface area contributed by atoms with E-state index in [9.17, 15) is 4.79 Å². The molecule has 13 heavy (non-hydrogen) atoms. The van der Waals surface area contributed by atoms with Crippen molar-refractivity contribution in [2.24, 2.45) is 0 Å². The lowest BCUT2D eigenvalue weighted by atomic mass is 10.4. The van der Waals surface area contributed by atoms with Crippen LogP contribution < -0.4 is 0 Å². The SMILES string of the molecule is C[C@H](O)C(=O)O.C[N+](C)(C)CCO. The second-order valence-electron chi connectivity index (χ2n) is 3.75. The van der Waals surface area contributed by atoms with E-state index >= 15 is 0 Å². The summed E-state index contributed by atoms with van der Waals surface area (Å²) in [5.41, 5.74) is 0. The quantitative estimate of drug-likeness (QED) is 0.511. The zero-order valence-electron chi connectivity index (χ0n) is 8.69. The van der Waals surface area contributed by atoms with Gasteiger partial charge in [-0.05, 0) is 6.92 Å². The Bertz CT molecular complexity index is 140. The van der Waals surface area contributed by atoms with Crippen LogP contribution in [0.3, 0.4) is 0 Å². The fourth-order valence-electron chi connectivity index (χ4n) is 0.300. The molecule has 0 heterocycles. The Morgan fingerprint density at radius 3 is 1.69 bits per heavy atom. The van der Waals surface area contributed by atoms with Crippen molar-refractivity contribution in [2.45, 2.75) is 13.0 Å². The van der Waals surface area contributed by atoms with E-state index in [0.717, 1.165) is 11.0 Å². The first kappa shape index (κ1) is 14.9. The maximum atomic E-state index is 9.45. The minimum Gasteiger partial charge on any atom is -0.479 e. The fraction of sp³-hybridized carbons (Fsp3) is 0.875. The van der Waals surface area contributed by atoms with E-state index in [1.807, 2.05) is 0 Å². The third-order valence-electron chi connectivity index (χ3n) is 1.13. The number of hydrogen-bond acceptors (Lipinski definition) is 3. The summed E-state index contributed by atoms with van der Waals surface area (Å²) < 4.78 is 0.844. The average Bonchev–Trinajstić information content (AvgIpc) is 1.85. The van der Waals surface area contributed by atoms with E-state index in [1.54, 1.807) is 0 Å². The number of carbonyl (C=O) groups is 1. The summed E-state index contributed by atoms with van der Waals surface area (Å²) in [5, 5.41) is 24.2. The van der Waals surface area contributed by atoms with Crippen LogP contribution in [-0.4, -0.2) is 66.2 Å². The first-order valence-corrected chi connectivity index (χ1v) is 4.03. The van der Waals surface area contributed by atoms with Crippen molar-refractivity contribution < 1.29 is 24.6 Å². The van der Waals surface area contributed by atoms with Crippen LogP contribution in [0.15, 0.2) is 0 Å². The van der Waals surface area contributed by atoms with Gasteiger partial charge in [-0.3, -0.25) is 0 Å². The predicted molar refractivity (Wildman–Crippen MR) is 49.3 cm³/mol. The van der Waals surface area contributed by atoms with E-state index in [0.29, 0.717) is 0 Å². The smallest absolute Gasteiger partial charge is 0.332 e. The van der Waals surface area contributed by atoms with Gasteiger partial charge in [-0.25, -0.2) is 4.79 Å². The van der Waals surface area contributed by atoms with Gasteiger partial charge in [0.15, 0.2) is 0 Å². The van der Waals surface area contributed by atoms with Crippen molar-refractivity contribution in [1.82, 2.24) is 0 Å². The topological polar surface area (TPSA) is 77.8 Å². The van der Waals surface area contributed by atoms with Gasteiger partial charge in [0.2, 0.25) is 0 Å². The standard InChI is InChI=1S/C5H14NO.C3H6O3/c1-6(2,3)4-5-7;1-2(4)3(5)6/h7H,4-5H2,1-3H3;2,4H,1H3,(H,5,6)/q+1;/t;2-/m.0/s1. The number of aliphatic hydroxyl groups is 2. The molecule has 0 unspecified atom stereocenters. The summed E-state index contributed by atoms with van der Waals surface area (Å²) >= 11 is 0. The lowest BCUT2D eigenvalue weighted by Gasteiger charge is -2.21. The van der Waals surface area contributed by atoms with Gasteiger partial charge in [-0.15, -0.1) is 0 Å². The highest BCUT2D eigenvalue weighted by molar-refractivity contribution is 5.71. The van der Waals surface area contributed by atoms with Crippen molar-refractivity contribution in [3.63, 3.8) is 0 Å². The molecule has 0 spiro atoms. The second-order valence-corrected chi connectivity index (χ2v) is 3.75. The van der Waals surface area contributed by atoms with Crippen molar-refractivity contribution in [3.05, 3.63) is 0 Å². The molecule has 5 heteroatoms. The number of aliphatic carboxylic acids is 1. The number of rotatable bonds is 3. The molecule has 5 nitrogen and oxygen atoms in total. The minimum absolute atomic E-state index is 0.281. The molecule has 0 aromatic rings. The zero-order chi connectivity index (χ0) is 11.1. The predicted octanol–water partition coefficient (Wildman–Crippen LogP) is -0.863. The monoisotopic (exact) mass is 194 g/mol. The van der Waals surface area contributed by atoms with Gasteiger partial charge in [0.1, 0.15) is 12.6 Å². The Kier molecular flexibility index (Phi) is 7.79. The summed E-state index contributed by atoms with van der Waals surface area (Å²) in [7, 11) is 6.16. The van der Waals surface area contributed by atoms with Crippen LogP contribution in [0.4, 0.5) is 0 Å². The van der Waals surface area contributed by atoms with Crippen LogP contribution in [0.2, 0.25) is 0 Å². The molecule has 0 aliphatic heterocycles. The number of nitrogens with zero attached hydrogens (tertiary/aromatic N) is 1. The molecule has 0 saturated carbocycles. The van der Waals surface area contributed by atoms with E-state index in [2.05, 4.69) is 21.1 Å². The number of aliphatic hydroxyl groups excluding tert-OH is 2. The molecular formula is C8H20NO4+. The number of carboxylic acid groups (broad SMARTS) is 1. The van der Waals surface area contributed by atoms with E-state index < -0.39 is 12.1 Å². The van der Waals surface area contributed by atoms with Crippen LogP contribution in [0.1, 0.15) is 6.92 Å². The summed E-state index contributed by atoms with van der Waals surface area (Å²) in [6.07, 6.45) is -1.23. The average molecular weight is 194 g/mol. The normalized spacial score (nSPS) is 12.8. The Balaban J connectivity index is 0. The minimum atomic E-state index is -1.23. The molecule has 0 aromatic carbocycles. The Labute approximate surface area is 78.8 Å². The molecule has 0 rings (SSSR count).